The molecule has 0 bridgehead atoms. The highest BCUT2D eigenvalue weighted by Crippen LogP contribution is 2.24. The summed E-state index contributed by atoms with van der Waals surface area (Å²) < 4.78 is 0. The fourth-order valence-electron chi connectivity index (χ4n) is 1.36. The van der Waals surface area contributed by atoms with Crippen LogP contribution in [0.3, 0.4) is 0 Å². The molecule has 0 aromatic heterocycles. The Morgan fingerprint density at radius 3 is 1.50 bits per heavy atom. The van der Waals surface area contributed by atoms with Gasteiger partial charge in [-0.15, -0.1) is 0 Å². The number of aliphatic hydroxyl groups is 1. The molecule has 0 saturated carbocycles. The molecule has 0 fully saturated rings. The third-order valence-corrected chi connectivity index (χ3v) is 2.30. The third kappa shape index (κ3) is 4.46. The van der Waals surface area contributed by atoms with Gasteiger partial charge < -0.3 is 5.11 Å². The minimum Gasteiger partial charge on any atom is -0.392 e. The first-order valence-corrected chi connectivity index (χ1v) is 5.59. The summed E-state index contributed by atoms with van der Waals surface area (Å²) >= 11 is 0. The maximum Gasteiger partial charge on any atom is 0.346 e. The second-order valence-corrected chi connectivity index (χ2v) is 3.65. The summed E-state index contributed by atoms with van der Waals surface area (Å²) in [6.45, 7) is 0.140. The summed E-state index contributed by atoms with van der Waals surface area (Å²) in [6, 6.07) is 14.5. The van der Waals surface area contributed by atoms with Gasteiger partial charge in [0.2, 0.25) is 0 Å². The van der Waals surface area contributed by atoms with Crippen LogP contribution < -0.4 is 0 Å². The fourth-order valence-corrected chi connectivity index (χ4v) is 1.36. The largest absolute Gasteiger partial charge is 0.392 e. The number of nitrogens with zero attached hydrogens (tertiary/aromatic N) is 2. The summed E-state index contributed by atoms with van der Waals surface area (Å²) in [5.74, 6) is 0. The monoisotopic (exact) mass is 276 g/mol. The summed E-state index contributed by atoms with van der Waals surface area (Å²) in [4.78, 5) is 18.9. The summed E-state index contributed by atoms with van der Waals surface area (Å²) in [7, 11) is 0. The summed E-state index contributed by atoms with van der Waals surface area (Å²) in [6.07, 6.45) is 0. The lowest BCUT2D eigenvalue weighted by molar-refractivity contribution is -0.422. The summed E-state index contributed by atoms with van der Waals surface area (Å²) in [5.41, 5.74) is -0.00231. The number of aliphatic hydroxyl groups excluding tert-OH is 1. The second kappa shape index (κ2) is 7.59. The average molecular weight is 276 g/mol. The van der Waals surface area contributed by atoms with Crippen molar-refractivity contribution in [1.29, 1.82) is 0 Å². The molecule has 0 saturated heterocycles. The van der Waals surface area contributed by atoms with E-state index in [4.69, 9.17) is 5.11 Å². The van der Waals surface area contributed by atoms with Crippen molar-refractivity contribution in [2.24, 2.45) is 0 Å². The Bertz CT molecular complexity index is 553. The molecule has 2 aromatic carbocycles. The van der Waals surface area contributed by atoms with E-state index >= 15 is 0 Å². The van der Waals surface area contributed by atoms with Gasteiger partial charge >= 0.3 is 11.4 Å². The lowest BCUT2D eigenvalue weighted by Gasteiger charge is -1.91. The molecule has 2 aromatic rings. The highest BCUT2D eigenvalue weighted by atomic mass is 16.6. The Hall–Kier alpha value is -2.80. The van der Waals surface area contributed by atoms with Crippen LogP contribution in [0, 0.1) is 20.2 Å². The number of hydrogen-bond donors (Lipinski definition) is 1. The molecule has 0 amide bonds. The first kappa shape index (κ1) is 15.3. The molecule has 0 unspecified atom stereocenters. The van der Waals surface area contributed by atoms with Crippen LogP contribution in [0.5, 0.6) is 0 Å². The Morgan fingerprint density at radius 2 is 1.20 bits per heavy atom. The Labute approximate surface area is 114 Å². The van der Waals surface area contributed by atoms with E-state index in [0.717, 1.165) is 17.7 Å². The maximum atomic E-state index is 10.2. The van der Waals surface area contributed by atoms with Crippen LogP contribution in [0.4, 0.5) is 11.4 Å². The van der Waals surface area contributed by atoms with Crippen molar-refractivity contribution in [3.05, 3.63) is 80.4 Å². The Kier molecular flexibility index (Phi) is 5.79. The van der Waals surface area contributed by atoms with Gasteiger partial charge in [-0.25, -0.2) is 0 Å². The first-order valence-electron chi connectivity index (χ1n) is 5.59. The lowest BCUT2D eigenvalue weighted by Crippen LogP contribution is -1.95. The number of nitro benzene ring substituents is 2. The van der Waals surface area contributed by atoms with Crippen molar-refractivity contribution in [2.45, 2.75) is 6.61 Å². The van der Waals surface area contributed by atoms with Crippen molar-refractivity contribution in [3.8, 4) is 0 Å². The zero-order valence-corrected chi connectivity index (χ0v) is 10.4. The highest BCUT2D eigenvalue weighted by Gasteiger charge is 2.21. The smallest absolute Gasteiger partial charge is 0.346 e. The molecule has 0 aliphatic heterocycles. The zero-order chi connectivity index (χ0) is 15.0. The molecule has 0 aliphatic rings. The molecule has 0 aliphatic carbocycles. The van der Waals surface area contributed by atoms with Crippen molar-refractivity contribution < 1.29 is 15.0 Å². The van der Waals surface area contributed by atoms with Gasteiger partial charge in [0, 0.05) is 12.1 Å². The van der Waals surface area contributed by atoms with E-state index in [9.17, 15) is 20.2 Å². The van der Waals surface area contributed by atoms with E-state index < -0.39 is 21.2 Å². The van der Waals surface area contributed by atoms with Gasteiger partial charge in [0.15, 0.2) is 0 Å². The van der Waals surface area contributed by atoms with Gasteiger partial charge in [-0.3, -0.25) is 20.2 Å². The molecule has 7 heteroatoms. The van der Waals surface area contributed by atoms with E-state index in [1.165, 1.54) is 12.1 Å². The Balaban J connectivity index is 0.000000217. The molecule has 104 valence electrons. The zero-order valence-electron chi connectivity index (χ0n) is 10.4. The quantitative estimate of drug-likeness (QED) is 0.685. The van der Waals surface area contributed by atoms with Gasteiger partial charge in [0.05, 0.1) is 16.5 Å². The van der Waals surface area contributed by atoms with E-state index in [-0.39, 0.29) is 6.61 Å². The van der Waals surface area contributed by atoms with Crippen LogP contribution in [-0.2, 0) is 6.61 Å². The van der Waals surface area contributed by atoms with Crippen LogP contribution in [-0.4, -0.2) is 15.0 Å². The van der Waals surface area contributed by atoms with Crippen molar-refractivity contribution >= 4 is 11.4 Å². The maximum absolute atomic E-state index is 10.2. The number of hydrogen-bond acceptors (Lipinski definition) is 5. The van der Waals surface area contributed by atoms with E-state index in [1.54, 1.807) is 0 Å². The number of para-hydroxylation sites is 2. The van der Waals surface area contributed by atoms with Gasteiger partial charge in [0.1, 0.15) is 0 Å². The van der Waals surface area contributed by atoms with Crippen LogP contribution in [0.1, 0.15) is 5.56 Å². The van der Waals surface area contributed by atoms with E-state index in [2.05, 4.69) is 0 Å². The van der Waals surface area contributed by atoms with Gasteiger partial charge in [-0.2, -0.15) is 0 Å². The molecular formula is C13H12N2O5. The molecule has 2 rings (SSSR count). The predicted molar refractivity (Wildman–Crippen MR) is 72.1 cm³/mol. The van der Waals surface area contributed by atoms with Crippen molar-refractivity contribution in [2.75, 3.05) is 0 Å². The van der Waals surface area contributed by atoms with Crippen molar-refractivity contribution in [1.82, 2.24) is 0 Å². The minimum absolute atomic E-state index is 0.140. The highest BCUT2D eigenvalue weighted by molar-refractivity contribution is 5.51. The first-order chi connectivity index (χ1) is 9.56. The standard InChI is InChI=1S/C7H8O.C6H4N2O4/c8-6-7-4-2-1-3-5-7;9-7(10)5-3-1-2-4-6(5)8(11)12/h1-5,8H,6H2;1-4H. The second-order valence-electron chi connectivity index (χ2n) is 3.65. The minimum atomic E-state index is -0.780. The topological polar surface area (TPSA) is 107 Å². The molecular weight excluding hydrogens is 264 g/mol. The van der Waals surface area contributed by atoms with E-state index in [1.807, 2.05) is 30.3 Å². The molecule has 0 heterocycles. The number of nitro groups is 2. The van der Waals surface area contributed by atoms with E-state index in [0.29, 0.717) is 0 Å². The fraction of sp³-hybridized carbons (Fsp3) is 0.0769. The van der Waals surface area contributed by atoms with Gasteiger partial charge in [0.25, 0.3) is 0 Å². The third-order valence-electron chi connectivity index (χ3n) is 2.30. The SMILES string of the molecule is O=[N+]([O-])c1ccccc1[N+](=O)[O-].OCc1ccccc1. The van der Waals surface area contributed by atoms with Crippen LogP contribution in [0.25, 0.3) is 0 Å². The van der Waals surface area contributed by atoms with Crippen molar-refractivity contribution in [3.63, 3.8) is 0 Å². The average Bonchev–Trinajstić information content (AvgIpc) is 2.48. The normalized spacial score (nSPS) is 9.25. The van der Waals surface area contributed by atoms with Crippen LogP contribution >= 0.6 is 0 Å². The molecule has 20 heavy (non-hydrogen) atoms. The van der Waals surface area contributed by atoms with Gasteiger partial charge in [-0.05, 0) is 5.56 Å². The predicted octanol–water partition coefficient (Wildman–Crippen LogP) is 2.68. The van der Waals surface area contributed by atoms with Crippen LogP contribution in [0.2, 0.25) is 0 Å². The molecule has 7 nitrogen and oxygen atoms in total. The van der Waals surface area contributed by atoms with Gasteiger partial charge in [-0.1, -0.05) is 42.5 Å². The van der Waals surface area contributed by atoms with Crippen LogP contribution in [0.15, 0.2) is 54.6 Å². The molecule has 0 atom stereocenters. The molecule has 1 N–H and O–H groups in total. The Morgan fingerprint density at radius 1 is 0.800 bits per heavy atom. The number of benzene rings is 2. The lowest BCUT2D eigenvalue weighted by atomic mass is 10.2. The molecule has 0 radical (unpaired) electrons. The number of rotatable bonds is 3. The summed E-state index contributed by atoms with van der Waals surface area (Å²) in [5, 5.41) is 29.0. The molecule has 0 spiro atoms.